The largest absolute Gasteiger partial charge is 3.00 e. The Morgan fingerprint density at radius 3 is 1.42 bits per heavy atom. The van der Waals surface area contributed by atoms with Crippen LogP contribution in [0.2, 0.25) is 0 Å². The Kier molecular flexibility index (Phi) is 24.9. The van der Waals surface area contributed by atoms with E-state index in [0.29, 0.717) is 4.90 Å². The molecule has 31 heavy (non-hydrogen) atoms. The summed E-state index contributed by atoms with van der Waals surface area (Å²) in [6, 6.07) is -1.40. The Morgan fingerprint density at radius 2 is 1.16 bits per heavy atom. The first-order chi connectivity index (χ1) is 12.4. The van der Waals surface area contributed by atoms with Crippen molar-refractivity contribution in [3.8, 4) is 0 Å². The molecule has 0 aromatic rings. The molecule has 0 rings (SSSR count). The van der Waals surface area contributed by atoms with Crippen LogP contribution in [-0.2, 0) is 41.0 Å². The zero-order chi connectivity index (χ0) is 21.2. The maximum atomic E-state index is 11.4. The molecule has 183 valence electrons. The summed E-state index contributed by atoms with van der Waals surface area (Å²) in [5.41, 5.74) is 3.20. The van der Waals surface area contributed by atoms with Crippen LogP contribution in [0, 0.1) is 0 Å². The molecule has 0 heterocycles. The molecule has 0 bridgehead atoms. The monoisotopic (exact) mass is 554 g/mol. The first kappa shape index (κ1) is 40.0. The average molecular weight is 556 g/mol. The van der Waals surface area contributed by atoms with Gasteiger partial charge in [0.05, 0.1) is 37.9 Å². The van der Waals surface area contributed by atoms with Crippen LogP contribution in [-0.4, -0.2) is 98.0 Å². The van der Waals surface area contributed by atoms with Gasteiger partial charge in [0.2, 0.25) is 0 Å². The van der Waals surface area contributed by atoms with E-state index in [1.807, 2.05) is 0 Å². The van der Waals surface area contributed by atoms with Crippen LogP contribution in [0.15, 0.2) is 0 Å². The molecule has 0 aromatic heterocycles. The SMILES string of the molecule is NCCNC(CC(=O)O)C(CC(=O)O)(CC(=O)O)N(CC(=O)O)CC(=O)O.[Cl-].[Cl-].[Cl-].[Fe+3]. The summed E-state index contributed by atoms with van der Waals surface area (Å²) in [6.07, 6.45) is -2.79. The molecule has 0 saturated heterocycles. The van der Waals surface area contributed by atoms with E-state index in [9.17, 15) is 34.2 Å². The standard InChI is InChI=1S/C14H23N3O10.3ClH.Fe/c15-1-2-16-8(3-9(18)19)14(4-10(20)21,5-11(22)23)17(6-12(24)25)7-13(26)27;;;;/h8,16H,1-7,15H2,(H,18,19)(H,20,21)(H,22,23)(H,24,25)(H,26,27);3*1H;/q;;;;+3/p-3. The van der Waals surface area contributed by atoms with E-state index < -0.39 is 73.8 Å². The molecule has 0 aliphatic heterocycles. The van der Waals surface area contributed by atoms with Crippen LogP contribution >= 0.6 is 0 Å². The van der Waals surface area contributed by atoms with E-state index in [0.717, 1.165) is 0 Å². The number of rotatable bonds is 15. The molecule has 0 aliphatic rings. The van der Waals surface area contributed by atoms with E-state index in [2.05, 4.69) is 5.32 Å². The minimum Gasteiger partial charge on any atom is -1.00 e. The van der Waals surface area contributed by atoms with Crippen molar-refractivity contribution >= 4 is 29.8 Å². The molecule has 13 nitrogen and oxygen atoms in total. The Bertz CT molecular complexity index is 568. The summed E-state index contributed by atoms with van der Waals surface area (Å²) < 4.78 is 0. The third kappa shape index (κ3) is 15.1. The van der Waals surface area contributed by atoms with Gasteiger partial charge in [-0.1, -0.05) is 0 Å². The number of nitrogens with one attached hydrogen (secondary N) is 1. The summed E-state index contributed by atoms with van der Waals surface area (Å²) in [5.74, 6) is -7.60. The maximum absolute atomic E-state index is 11.4. The second-order valence-corrected chi connectivity index (χ2v) is 5.78. The fourth-order valence-electron chi connectivity index (χ4n) is 2.86. The first-order valence-electron chi connectivity index (χ1n) is 7.72. The Balaban J connectivity index is -0.000000563. The molecule has 0 aromatic carbocycles. The Hall–Kier alpha value is -1.38. The summed E-state index contributed by atoms with van der Waals surface area (Å²) in [4.78, 5) is 57.1. The van der Waals surface area contributed by atoms with Crippen molar-refractivity contribution in [2.45, 2.75) is 30.8 Å². The molecule has 1 radical (unpaired) electrons. The number of nitrogens with two attached hydrogens (primary N) is 1. The predicted octanol–water partition coefficient (Wildman–Crippen LogP) is -11.5. The van der Waals surface area contributed by atoms with E-state index in [-0.39, 0.29) is 67.4 Å². The summed E-state index contributed by atoms with van der Waals surface area (Å²) in [7, 11) is 0. The Labute approximate surface area is 206 Å². The van der Waals surface area contributed by atoms with Crippen LogP contribution in [0.1, 0.15) is 19.3 Å². The van der Waals surface area contributed by atoms with Gasteiger partial charge in [-0.05, 0) is 0 Å². The molecule has 0 fully saturated rings. The fraction of sp³-hybridized carbons (Fsp3) is 0.643. The fourth-order valence-corrected chi connectivity index (χ4v) is 2.86. The van der Waals surface area contributed by atoms with E-state index in [1.54, 1.807) is 0 Å². The van der Waals surface area contributed by atoms with Crippen molar-refractivity contribution < 1.29 is 104 Å². The van der Waals surface area contributed by atoms with Gasteiger partial charge in [-0.2, -0.15) is 0 Å². The van der Waals surface area contributed by atoms with Crippen molar-refractivity contribution in [3.63, 3.8) is 0 Å². The van der Waals surface area contributed by atoms with Crippen molar-refractivity contribution in [2.24, 2.45) is 5.73 Å². The van der Waals surface area contributed by atoms with Gasteiger partial charge in [0.15, 0.2) is 0 Å². The third-order valence-electron chi connectivity index (χ3n) is 3.76. The van der Waals surface area contributed by atoms with Crippen molar-refractivity contribution in [1.82, 2.24) is 10.2 Å². The molecule has 17 heteroatoms. The van der Waals surface area contributed by atoms with E-state index in [1.165, 1.54) is 0 Å². The average Bonchev–Trinajstić information content (AvgIpc) is 2.47. The van der Waals surface area contributed by atoms with Gasteiger partial charge in [-0.15, -0.1) is 0 Å². The molecule has 0 saturated carbocycles. The van der Waals surface area contributed by atoms with Crippen LogP contribution < -0.4 is 48.3 Å². The van der Waals surface area contributed by atoms with Crippen molar-refractivity contribution in [2.75, 3.05) is 26.2 Å². The predicted molar refractivity (Wildman–Crippen MR) is 87.2 cm³/mol. The van der Waals surface area contributed by atoms with Crippen LogP contribution in [0.25, 0.3) is 0 Å². The van der Waals surface area contributed by atoms with Crippen molar-refractivity contribution in [3.05, 3.63) is 0 Å². The molecular formula is C14H23Cl3FeN3O10. The molecular weight excluding hydrogens is 532 g/mol. The van der Waals surface area contributed by atoms with Crippen molar-refractivity contribution in [1.29, 1.82) is 0 Å². The molecule has 1 unspecified atom stereocenters. The van der Waals surface area contributed by atoms with Gasteiger partial charge in [-0.3, -0.25) is 28.9 Å². The van der Waals surface area contributed by atoms with Gasteiger partial charge in [0.1, 0.15) is 0 Å². The minimum absolute atomic E-state index is 0. The summed E-state index contributed by atoms with van der Waals surface area (Å²) in [5, 5.41) is 48.5. The number of carboxylic acid groups (broad SMARTS) is 5. The number of carbonyl (C=O) groups is 5. The normalized spacial score (nSPS) is 10.9. The molecule has 0 amide bonds. The third-order valence-corrected chi connectivity index (χ3v) is 3.76. The smallest absolute Gasteiger partial charge is 1.00 e. The Morgan fingerprint density at radius 1 is 0.774 bits per heavy atom. The first-order valence-corrected chi connectivity index (χ1v) is 7.72. The van der Waals surface area contributed by atoms with Crippen LogP contribution in [0.4, 0.5) is 0 Å². The van der Waals surface area contributed by atoms with E-state index in [4.69, 9.17) is 21.1 Å². The number of halogens is 3. The second kappa shape index (κ2) is 19.3. The molecule has 0 aliphatic carbocycles. The molecule has 0 spiro atoms. The number of hydrogen-bond acceptors (Lipinski definition) is 8. The quantitative estimate of drug-likeness (QED) is 0.0933. The van der Waals surface area contributed by atoms with Gasteiger partial charge < -0.3 is 73.8 Å². The zero-order valence-corrected chi connectivity index (χ0v) is 19.2. The van der Waals surface area contributed by atoms with Crippen LogP contribution in [0.5, 0.6) is 0 Å². The van der Waals surface area contributed by atoms with Gasteiger partial charge in [0.25, 0.3) is 0 Å². The molecule has 1 atom stereocenters. The second-order valence-electron chi connectivity index (χ2n) is 5.78. The number of carboxylic acids is 5. The van der Waals surface area contributed by atoms with Gasteiger partial charge >= 0.3 is 46.9 Å². The minimum atomic E-state index is -2.15. The number of nitrogens with zero attached hydrogens (tertiary/aromatic N) is 1. The summed E-state index contributed by atoms with van der Waals surface area (Å²) >= 11 is 0. The van der Waals surface area contributed by atoms with Crippen LogP contribution in [0.3, 0.4) is 0 Å². The topological polar surface area (TPSA) is 228 Å². The molecule has 8 N–H and O–H groups in total. The van der Waals surface area contributed by atoms with E-state index >= 15 is 0 Å². The summed E-state index contributed by atoms with van der Waals surface area (Å²) in [6.45, 7) is -2.06. The number of hydrogen-bond donors (Lipinski definition) is 7. The number of aliphatic carboxylic acids is 5. The maximum Gasteiger partial charge on any atom is 3.00 e. The van der Waals surface area contributed by atoms with Gasteiger partial charge in [0, 0.05) is 19.1 Å². The zero-order valence-electron chi connectivity index (χ0n) is 15.8. The van der Waals surface area contributed by atoms with Gasteiger partial charge in [-0.25, -0.2) is 0 Å².